The van der Waals surface area contributed by atoms with Gasteiger partial charge in [0.1, 0.15) is 0 Å². The largest absolute Gasteiger partial charge is 0.478 e. The van der Waals surface area contributed by atoms with Gasteiger partial charge in [-0.05, 0) is 36.4 Å². The van der Waals surface area contributed by atoms with E-state index in [1.54, 1.807) is 0 Å². The van der Waals surface area contributed by atoms with Gasteiger partial charge in [-0.15, -0.1) is 0 Å². The van der Waals surface area contributed by atoms with Crippen LogP contribution in [0.1, 0.15) is 62.1 Å². The van der Waals surface area contributed by atoms with Gasteiger partial charge in [0.25, 0.3) is 0 Å². The average molecular weight is 611 g/mol. The van der Waals surface area contributed by atoms with Crippen molar-refractivity contribution in [2.45, 2.75) is 0 Å². The van der Waals surface area contributed by atoms with Gasteiger partial charge in [0.05, 0.1) is 33.4 Å². The molecule has 0 aliphatic carbocycles. The summed E-state index contributed by atoms with van der Waals surface area (Å²) in [7, 11) is 0. The predicted octanol–water partition coefficient (Wildman–Crippen LogP) is 1.55. The predicted molar refractivity (Wildman–Crippen MR) is 94.6 cm³/mol. The van der Waals surface area contributed by atoms with E-state index in [9.17, 15) is 28.8 Å². The molecule has 0 amide bonds. The van der Waals surface area contributed by atoms with Crippen LogP contribution < -0.4 is 0 Å². The smallest absolute Gasteiger partial charge is 0.336 e. The van der Waals surface area contributed by atoms with Crippen molar-refractivity contribution in [3.8, 4) is 0 Å². The number of aromatic carboxylic acids is 6. The number of rotatable bonds is 6. The topological polar surface area (TPSA) is 224 Å². The molecule has 0 aliphatic rings. The second-order valence-corrected chi connectivity index (χ2v) is 5.35. The fourth-order valence-electron chi connectivity index (χ4n) is 2.08. The monoisotopic (exact) mass is 609 g/mol. The van der Waals surface area contributed by atoms with E-state index >= 15 is 0 Å². The number of carboxylic acid groups (broad SMARTS) is 6. The van der Waals surface area contributed by atoms with E-state index in [0.717, 1.165) is 36.4 Å². The van der Waals surface area contributed by atoms with Crippen molar-refractivity contribution in [2.24, 2.45) is 0 Å². The average Bonchev–Trinajstić information content (AvgIpc) is 2.67. The van der Waals surface area contributed by atoms with Gasteiger partial charge in [0.15, 0.2) is 0 Å². The molecule has 0 bridgehead atoms. The third-order valence-corrected chi connectivity index (χ3v) is 3.45. The molecule has 189 valence electrons. The van der Waals surface area contributed by atoms with E-state index in [2.05, 4.69) is 0 Å². The fraction of sp³-hybridized carbons (Fsp3) is 0. The first-order valence-corrected chi connectivity index (χ1v) is 7.54. The molecule has 0 atom stereocenters. The minimum Gasteiger partial charge on any atom is -0.478 e. The molecule has 2 aromatic rings. The van der Waals surface area contributed by atoms with E-state index in [1.807, 2.05) is 0 Å². The second kappa shape index (κ2) is 14.8. The Kier molecular flexibility index (Phi) is 15.4. The van der Waals surface area contributed by atoms with Crippen LogP contribution in [0.3, 0.4) is 0 Å². The summed E-state index contributed by atoms with van der Waals surface area (Å²) in [5.41, 5.74) is -2.49. The van der Waals surface area contributed by atoms with Crippen molar-refractivity contribution in [1.29, 1.82) is 0 Å². The van der Waals surface area contributed by atoms with Crippen LogP contribution in [0, 0.1) is 0 Å². The molecule has 0 aliphatic heterocycles. The Morgan fingerprint density at radius 1 is 0.394 bits per heavy atom. The maximum Gasteiger partial charge on any atom is 0.336 e. The van der Waals surface area contributed by atoms with Crippen molar-refractivity contribution in [3.05, 3.63) is 69.8 Å². The number of benzene rings is 2. The molecule has 0 unspecified atom stereocenters. The summed E-state index contributed by atoms with van der Waals surface area (Å²) in [6, 6.07) is 5.61. The number of hydrogen-bond donors (Lipinski definition) is 6. The van der Waals surface area contributed by atoms with Crippen molar-refractivity contribution in [3.63, 3.8) is 0 Å². The molecule has 33 heavy (non-hydrogen) atoms. The Balaban J connectivity index is -0.000000500. The van der Waals surface area contributed by atoms with Gasteiger partial charge < -0.3 is 30.6 Å². The van der Waals surface area contributed by atoms with E-state index < -0.39 is 58.1 Å². The number of carbonyl (C=O) groups is 6. The standard InChI is InChI=1S/2C9H6O6.3Cu/c2*10-7(11)4-1-2-5(8(12)13)6(3-4)9(14)15;;;/h2*1-3H,(H,10,11)(H,12,13)(H,14,15);;;. The van der Waals surface area contributed by atoms with Gasteiger partial charge in [-0.2, -0.15) is 0 Å². The third-order valence-electron chi connectivity index (χ3n) is 3.45. The molecule has 2 aromatic carbocycles. The maximum atomic E-state index is 10.6. The summed E-state index contributed by atoms with van der Waals surface area (Å²) in [6.07, 6.45) is 0. The Bertz CT molecular complexity index is 996. The molecular formula is C18H12Cu3O12. The van der Waals surface area contributed by atoms with Gasteiger partial charge in [-0.25, -0.2) is 28.8 Å². The van der Waals surface area contributed by atoms with Crippen LogP contribution in [0.2, 0.25) is 0 Å². The molecule has 3 radical (unpaired) electrons. The zero-order valence-corrected chi connectivity index (χ0v) is 18.3. The van der Waals surface area contributed by atoms with Crippen molar-refractivity contribution in [2.75, 3.05) is 0 Å². The van der Waals surface area contributed by atoms with Crippen molar-refractivity contribution < 1.29 is 111 Å². The summed E-state index contributed by atoms with van der Waals surface area (Å²) in [5, 5.41) is 51.8. The maximum absolute atomic E-state index is 10.6. The van der Waals surface area contributed by atoms with E-state index in [-0.39, 0.29) is 62.3 Å². The molecule has 0 spiro atoms. The van der Waals surface area contributed by atoms with Crippen LogP contribution in [0.5, 0.6) is 0 Å². The minimum atomic E-state index is -1.48. The van der Waals surface area contributed by atoms with Crippen LogP contribution in [-0.4, -0.2) is 66.5 Å². The summed E-state index contributed by atoms with van der Waals surface area (Å²) in [5.74, 6) is -8.40. The quantitative estimate of drug-likeness (QED) is 0.256. The SMILES string of the molecule is O=C(O)c1ccc(C(=O)O)c(C(=O)O)c1.O=C(O)c1ccc(C(=O)O)c(C(=O)O)c1.[Cu].[Cu].[Cu]. The summed E-state index contributed by atoms with van der Waals surface area (Å²) in [4.78, 5) is 63.5. The summed E-state index contributed by atoms with van der Waals surface area (Å²) in [6.45, 7) is 0. The normalized spacial score (nSPS) is 8.73. The van der Waals surface area contributed by atoms with Gasteiger partial charge >= 0.3 is 35.8 Å². The van der Waals surface area contributed by atoms with Crippen molar-refractivity contribution >= 4 is 35.8 Å². The molecule has 0 heterocycles. The molecule has 12 nitrogen and oxygen atoms in total. The minimum absolute atomic E-state index is 0. The first kappa shape index (κ1) is 34.4. The second-order valence-electron chi connectivity index (χ2n) is 5.35. The van der Waals surface area contributed by atoms with E-state index in [0.29, 0.717) is 0 Å². The van der Waals surface area contributed by atoms with Crippen LogP contribution in [0.15, 0.2) is 36.4 Å². The first-order chi connectivity index (χ1) is 13.9. The zero-order chi connectivity index (χ0) is 23.2. The summed E-state index contributed by atoms with van der Waals surface area (Å²) < 4.78 is 0. The van der Waals surface area contributed by atoms with E-state index in [1.165, 1.54) is 0 Å². The van der Waals surface area contributed by atoms with Gasteiger partial charge in [0, 0.05) is 51.2 Å². The molecular weight excluding hydrogens is 599 g/mol. The van der Waals surface area contributed by atoms with E-state index in [4.69, 9.17) is 30.6 Å². The third kappa shape index (κ3) is 9.46. The van der Waals surface area contributed by atoms with Crippen LogP contribution in [-0.2, 0) is 51.2 Å². The Labute approximate surface area is 215 Å². The molecule has 0 aromatic heterocycles. The van der Waals surface area contributed by atoms with Crippen LogP contribution in [0.4, 0.5) is 0 Å². The summed E-state index contributed by atoms with van der Waals surface area (Å²) >= 11 is 0. The van der Waals surface area contributed by atoms with Crippen LogP contribution >= 0.6 is 0 Å². The molecule has 15 heteroatoms. The Hall–Kier alpha value is -3.18. The van der Waals surface area contributed by atoms with Crippen LogP contribution in [0.25, 0.3) is 0 Å². The molecule has 0 saturated heterocycles. The fourth-order valence-corrected chi connectivity index (χ4v) is 2.08. The molecule has 2 rings (SSSR count). The first-order valence-electron chi connectivity index (χ1n) is 7.54. The van der Waals surface area contributed by atoms with Crippen molar-refractivity contribution in [1.82, 2.24) is 0 Å². The Morgan fingerprint density at radius 3 is 0.818 bits per heavy atom. The molecule has 0 fully saturated rings. The van der Waals surface area contributed by atoms with Gasteiger partial charge in [-0.3, -0.25) is 0 Å². The van der Waals surface area contributed by atoms with Gasteiger partial charge in [0.2, 0.25) is 0 Å². The zero-order valence-electron chi connectivity index (χ0n) is 15.5. The molecule has 0 saturated carbocycles. The number of carboxylic acids is 6. The number of hydrogen-bond acceptors (Lipinski definition) is 6. The Morgan fingerprint density at radius 2 is 0.636 bits per heavy atom. The van der Waals surface area contributed by atoms with Gasteiger partial charge in [-0.1, -0.05) is 0 Å². The molecule has 6 N–H and O–H groups in total.